The lowest BCUT2D eigenvalue weighted by Crippen LogP contribution is -2.23. The molecule has 0 saturated heterocycles. The van der Waals surface area contributed by atoms with Gasteiger partial charge in [0.15, 0.2) is 0 Å². The fraction of sp³-hybridized carbons (Fsp3) is 0.550. The number of aliphatic hydroxyl groups is 3. The molecule has 0 aliphatic carbocycles. The minimum Gasteiger partial charge on any atom is -0.481 e. The van der Waals surface area contributed by atoms with E-state index in [-0.39, 0.29) is 6.42 Å². The fourth-order valence-corrected chi connectivity index (χ4v) is 1.99. The molecule has 3 unspecified atom stereocenters. The largest absolute Gasteiger partial charge is 0.481 e. The average Bonchev–Trinajstić information content (AvgIpc) is 2.58. The van der Waals surface area contributed by atoms with E-state index in [1.807, 2.05) is 24.3 Å². The summed E-state index contributed by atoms with van der Waals surface area (Å²) in [7, 11) is 0. The van der Waals surface area contributed by atoms with Crippen LogP contribution in [0.25, 0.3) is 0 Å². The molecule has 0 saturated carbocycles. The van der Waals surface area contributed by atoms with Crippen molar-refractivity contribution in [2.24, 2.45) is 0 Å². The number of allylic oxidation sites excluding steroid dienone is 4. The zero-order chi connectivity index (χ0) is 18.9. The molecule has 0 aliphatic rings. The lowest BCUT2D eigenvalue weighted by molar-refractivity contribution is -0.137. The van der Waals surface area contributed by atoms with E-state index in [0.29, 0.717) is 25.7 Å². The van der Waals surface area contributed by atoms with Gasteiger partial charge in [-0.2, -0.15) is 0 Å². The minimum absolute atomic E-state index is 0.139. The second-order valence-corrected chi connectivity index (χ2v) is 5.83. The van der Waals surface area contributed by atoms with Gasteiger partial charge in [0, 0.05) is 6.42 Å². The highest BCUT2D eigenvalue weighted by Crippen LogP contribution is 2.05. The van der Waals surface area contributed by atoms with Crippen molar-refractivity contribution < 1.29 is 25.2 Å². The van der Waals surface area contributed by atoms with E-state index >= 15 is 0 Å². The van der Waals surface area contributed by atoms with Gasteiger partial charge in [-0.3, -0.25) is 4.79 Å². The molecule has 0 aliphatic heterocycles. The maximum Gasteiger partial charge on any atom is 0.303 e. The summed E-state index contributed by atoms with van der Waals surface area (Å²) in [5.41, 5.74) is 0. The minimum atomic E-state index is -1.02. The average molecular weight is 352 g/mol. The van der Waals surface area contributed by atoms with Gasteiger partial charge in [-0.1, -0.05) is 55.5 Å². The van der Waals surface area contributed by atoms with Gasteiger partial charge in [-0.05, 0) is 38.5 Å². The summed E-state index contributed by atoms with van der Waals surface area (Å²) in [5, 5.41) is 37.9. The first-order valence-electron chi connectivity index (χ1n) is 8.86. The summed E-state index contributed by atoms with van der Waals surface area (Å²) >= 11 is 0. The number of aliphatic hydroxyl groups excluding tert-OH is 3. The lowest BCUT2D eigenvalue weighted by Gasteiger charge is -2.12. The smallest absolute Gasteiger partial charge is 0.303 e. The van der Waals surface area contributed by atoms with Crippen molar-refractivity contribution in [2.75, 3.05) is 0 Å². The summed E-state index contributed by atoms with van der Waals surface area (Å²) in [6, 6.07) is 0. The third-order valence-electron chi connectivity index (χ3n) is 3.45. The molecule has 0 rings (SSSR count). The quantitative estimate of drug-likeness (QED) is 0.284. The van der Waals surface area contributed by atoms with Gasteiger partial charge in [0.25, 0.3) is 0 Å². The summed E-state index contributed by atoms with van der Waals surface area (Å²) in [6.07, 6.45) is 15.6. The number of carbonyl (C=O) groups is 1. The molecule has 0 amide bonds. The predicted molar refractivity (Wildman–Crippen MR) is 100 cm³/mol. The van der Waals surface area contributed by atoms with Crippen LogP contribution in [0.5, 0.6) is 0 Å². The zero-order valence-corrected chi connectivity index (χ0v) is 15.0. The Morgan fingerprint density at radius 1 is 0.920 bits per heavy atom. The molecule has 0 radical (unpaired) electrons. The first-order chi connectivity index (χ1) is 12.0. The molecule has 3 atom stereocenters. The third kappa shape index (κ3) is 15.6. The number of hydrogen-bond acceptors (Lipinski definition) is 4. The number of rotatable bonds is 14. The molecule has 142 valence electrons. The molecular weight excluding hydrogens is 320 g/mol. The summed E-state index contributed by atoms with van der Waals surface area (Å²) in [4.78, 5) is 10.3. The van der Waals surface area contributed by atoms with Gasteiger partial charge in [-0.25, -0.2) is 0 Å². The highest BCUT2D eigenvalue weighted by Gasteiger charge is 2.11. The first-order valence-corrected chi connectivity index (χ1v) is 8.86. The molecule has 5 heteroatoms. The number of unbranched alkanes of at least 4 members (excludes halogenated alkanes) is 1. The second kappa shape index (κ2) is 15.8. The highest BCUT2D eigenvalue weighted by molar-refractivity contribution is 5.66. The number of carboxylic acid groups (broad SMARTS) is 1. The predicted octanol–water partition coefficient (Wildman–Crippen LogP) is 3.13. The van der Waals surface area contributed by atoms with Crippen LogP contribution in [0.2, 0.25) is 0 Å². The van der Waals surface area contributed by atoms with Crippen molar-refractivity contribution in [1.29, 1.82) is 0 Å². The van der Waals surface area contributed by atoms with Crippen LogP contribution in [0.4, 0.5) is 0 Å². The summed E-state index contributed by atoms with van der Waals surface area (Å²) < 4.78 is 0. The Morgan fingerprint density at radius 3 is 2.28 bits per heavy atom. The third-order valence-corrected chi connectivity index (χ3v) is 3.45. The maximum atomic E-state index is 10.3. The molecule has 0 heterocycles. The Kier molecular flexibility index (Phi) is 14.7. The van der Waals surface area contributed by atoms with E-state index in [4.69, 9.17) is 5.11 Å². The van der Waals surface area contributed by atoms with E-state index in [1.165, 1.54) is 12.2 Å². The van der Waals surface area contributed by atoms with E-state index in [2.05, 4.69) is 13.0 Å². The molecular formula is C20H32O5. The molecule has 0 fully saturated rings. The van der Waals surface area contributed by atoms with Crippen LogP contribution in [0.15, 0.2) is 48.6 Å². The van der Waals surface area contributed by atoms with Gasteiger partial charge in [0.05, 0.1) is 18.3 Å². The topological polar surface area (TPSA) is 98.0 Å². The Hall–Kier alpha value is -1.69. The Balaban J connectivity index is 3.97. The standard InChI is InChI=1S/C20H32O5/c1-2-3-4-5-6-10-13-18(22)19(23)16-15-17(21)12-9-7-8-11-14-20(24)25/h3-4,6-7,9-10,15-19,21-23H,2,5,8,11-14H2,1H3,(H,24,25). The monoisotopic (exact) mass is 352 g/mol. The second-order valence-electron chi connectivity index (χ2n) is 5.83. The number of carboxylic acids is 1. The fourth-order valence-electron chi connectivity index (χ4n) is 1.99. The zero-order valence-electron chi connectivity index (χ0n) is 15.0. The Morgan fingerprint density at radius 2 is 1.60 bits per heavy atom. The molecule has 0 aromatic rings. The normalized spacial score (nSPS) is 16.3. The van der Waals surface area contributed by atoms with Gasteiger partial charge < -0.3 is 20.4 Å². The van der Waals surface area contributed by atoms with Crippen LogP contribution < -0.4 is 0 Å². The lowest BCUT2D eigenvalue weighted by atomic mass is 10.1. The molecule has 0 aromatic heterocycles. The summed E-state index contributed by atoms with van der Waals surface area (Å²) in [5.74, 6) is -0.809. The van der Waals surface area contributed by atoms with Gasteiger partial charge >= 0.3 is 5.97 Å². The van der Waals surface area contributed by atoms with Gasteiger partial charge in [0.2, 0.25) is 0 Å². The molecule has 4 N–H and O–H groups in total. The van der Waals surface area contributed by atoms with E-state index in [0.717, 1.165) is 12.8 Å². The molecule has 0 spiro atoms. The summed E-state index contributed by atoms with van der Waals surface area (Å²) in [6.45, 7) is 2.07. The van der Waals surface area contributed by atoms with E-state index in [1.54, 1.807) is 6.08 Å². The Bertz CT molecular complexity index is 451. The van der Waals surface area contributed by atoms with Gasteiger partial charge in [0.1, 0.15) is 0 Å². The van der Waals surface area contributed by atoms with Crippen molar-refractivity contribution in [2.45, 2.75) is 70.2 Å². The number of hydrogen-bond donors (Lipinski definition) is 4. The van der Waals surface area contributed by atoms with Gasteiger partial charge in [-0.15, -0.1) is 0 Å². The first kappa shape index (κ1) is 23.3. The van der Waals surface area contributed by atoms with Crippen molar-refractivity contribution in [3.63, 3.8) is 0 Å². The SMILES string of the molecule is CCC=CCC=CCC(O)C(O)C=CC(O)CC=CCCCC(=O)O. The highest BCUT2D eigenvalue weighted by atomic mass is 16.4. The van der Waals surface area contributed by atoms with Crippen molar-refractivity contribution in [3.05, 3.63) is 48.6 Å². The maximum absolute atomic E-state index is 10.3. The van der Waals surface area contributed by atoms with E-state index in [9.17, 15) is 20.1 Å². The van der Waals surface area contributed by atoms with Crippen molar-refractivity contribution >= 4 is 5.97 Å². The van der Waals surface area contributed by atoms with Crippen LogP contribution in [0.1, 0.15) is 51.9 Å². The molecule has 5 nitrogen and oxygen atoms in total. The molecule has 25 heavy (non-hydrogen) atoms. The van der Waals surface area contributed by atoms with Crippen LogP contribution in [-0.2, 0) is 4.79 Å². The van der Waals surface area contributed by atoms with Crippen molar-refractivity contribution in [1.82, 2.24) is 0 Å². The van der Waals surface area contributed by atoms with Crippen LogP contribution >= 0.6 is 0 Å². The van der Waals surface area contributed by atoms with E-state index < -0.39 is 24.3 Å². The molecule has 0 bridgehead atoms. The van der Waals surface area contributed by atoms with Crippen LogP contribution in [-0.4, -0.2) is 44.7 Å². The number of aliphatic carboxylic acids is 1. The molecule has 0 aromatic carbocycles. The van der Waals surface area contributed by atoms with Crippen LogP contribution in [0.3, 0.4) is 0 Å². The van der Waals surface area contributed by atoms with Crippen molar-refractivity contribution in [3.8, 4) is 0 Å². The van der Waals surface area contributed by atoms with Crippen LogP contribution in [0, 0.1) is 0 Å². The Labute approximate surface area is 150 Å².